The van der Waals surface area contributed by atoms with Crippen molar-refractivity contribution >= 4 is 22.4 Å². The van der Waals surface area contributed by atoms with Gasteiger partial charge in [-0.05, 0) is 37.1 Å². The number of alkyl halides is 1. The molecule has 0 saturated carbocycles. The molecule has 1 aliphatic heterocycles. The van der Waals surface area contributed by atoms with Crippen LogP contribution in [0, 0.1) is 0 Å². The number of hydrogen-bond donors (Lipinski definition) is 0. The van der Waals surface area contributed by atoms with Crippen molar-refractivity contribution < 1.29 is 13.7 Å². The molecule has 0 amide bonds. The summed E-state index contributed by atoms with van der Waals surface area (Å²) < 4.78 is 24.0. The first-order valence-electron chi connectivity index (χ1n) is 6.81. The van der Waals surface area contributed by atoms with Gasteiger partial charge in [0.25, 0.3) is 0 Å². The minimum atomic E-state index is -1.21. The average molecular weight is 323 g/mol. The highest BCUT2D eigenvalue weighted by atomic mass is 35.5. The average Bonchev–Trinajstić information content (AvgIpc) is 2.52. The minimum absolute atomic E-state index is 0.599. The molecule has 0 bridgehead atoms. The molecule has 21 heavy (non-hydrogen) atoms. The van der Waals surface area contributed by atoms with E-state index in [1.165, 1.54) is 0 Å². The Bertz CT molecular complexity index is 672. The van der Waals surface area contributed by atoms with Gasteiger partial charge in [0, 0.05) is 11.9 Å². The van der Waals surface area contributed by atoms with Crippen molar-refractivity contribution in [1.82, 2.24) is 0 Å². The van der Waals surface area contributed by atoms with E-state index < -0.39 is 10.8 Å². The largest absolute Gasteiger partial charge is 0.493 e. The molecule has 3 nitrogen and oxygen atoms in total. The van der Waals surface area contributed by atoms with E-state index in [-0.39, 0.29) is 0 Å². The van der Waals surface area contributed by atoms with Crippen molar-refractivity contribution in [2.45, 2.75) is 22.6 Å². The van der Waals surface area contributed by atoms with E-state index >= 15 is 0 Å². The summed E-state index contributed by atoms with van der Waals surface area (Å²) >= 11 is 5.63. The van der Waals surface area contributed by atoms with Gasteiger partial charge in [-0.25, -0.2) is 4.21 Å². The highest BCUT2D eigenvalue weighted by Gasteiger charge is 2.23. The molecule has 1 unspecified atom stereocenters. The van der Waals surface area contributed by atoms with E-state index in [9.17, 15) is 4.21 Å². The first-order chi connectivity index (χ1) is 10.3. The quantitative estimate of drug-likeness (QED) is 0.517. The van der Waals surface area contributed by atoms with Crippen LogP contribution in [0.3, 0.4) is 0 Å². The van der Waals surface area contributed by atoms with Crippen molar-refractivity contribution in [2.24, 2.45) is 0 Å². The molecule has 110 valence electrons. The molecule has 2 aromatic carbocycles. The number of halogens is 1. The van der Waals surface area contributed by atoms with Crippen LogP contribution < -0.4 is 9.47 Å². The van der Waals surface area contributed by atoms with Crippen molar-refractivity contribution in [3.63, 3.8) is 0 Å². The molecule has 0 saturated heterocycles. The smallest absolute Gasteiger partial charge is 0.147 e. The maximum absolute atomic E-state index is 12.5. The molecule has 0 aliphatic carbocycles. The molecule has 1 heterocycles. The van der Waals surface area contributed by atoms with Gasteiger partial charge in [0.2, 0.25) is 0 Å². The predicted molar refractivity (Wildman–Crippen MR) is 83.1 cm³/mol. The SMILES string of the molecule is O=S1c2ccccc2Oc2cc(OCCCCCl)ccc21. The summed E-state index contributed by atoms with van der Waals surface area (Å²) in [6.07, 6.45) is 1.84. The Kier molecular flexibility index (Phi) is 4.46. The van der Waals surface area contributed by atoms with Gasteiger partial charge in [-0.2, -0.15) is 0 Å². The number of fused-ring (bicyclic) bond motifs is 2. The van der Waals surface area contributed by atoms with Gasteiger partial charge in [-0.1, -0.05) is 12.1 Å². The second-order valence-corrected chi connectivity index (χ2v) is 6.47. The zero-order valence-corrected chi connectivity index (χ0v) is 13.0. The van der Waals surface area contributed by atoms with Crippen molar-refractivity contribution in [2.75, 3.05) is 12.5 Å². The van der Waals surface area contributed by atoms with E-state index in [2.05, 4.69) is 0 Å². The van der Waals surface area contributed by atoms with Crippen molar-refractivity contribution in [1.29, 1.82) is 0 Å². The van der Waals surface area contributed by atoms with E-state index in [0.717, 1.165) is 18.6 Å². The van der Waals surface area contributed by atoms with Crippen LogP contribution in [0.1, 0.15) is 12.8 Å². The van der Waals surface area contributed by atoms with Gasteiger partial charge in [0.05, 0.1) is 27.2 Å². The van der Waals surface area contributed by atoms with Crippen molar-refractivity contribution in [3.05, 3.63) is 42.5 Å². The van der Waals surface area contributed by atoms with Gasteiger partial charge in [-0.15, -0.1) is 11.6 Å². The van der Waals surface area contributed by atoms with Crippen molar-refractivity contribution in [3.8, 4) is 17.2 Å². The second kappa shape index (κ2) is 6.50. The van der Waals surface area contributed by atoms with Crippen LogP contribution in [-0.2, 0) is 10.8 Å². The number of rotatable bonds is 5. The lowest BCUT2D eigenvalue weighted by Gasteiger charge is -2.20. The number of para-hydroxylation sites is 1. The summed E-state index contributed by atoms with van der Waals surface area (Å²) in [5, 5.41) is 0. The molecule has 1 atom stereocenters. The fourth-order valence-electron chi connectivity index (χ4n) is 2.12. The number of ether oxygens (including phenoxy) is 2. The molecule has 0 aromatic heterocycles. The van der Waals surface area contributed by atoms with E-state index in [1.54, 1.807) is 12.1 Å². The Labute approximate surface area is 131 Å². The summed E-state index contributed by atoms with van der Waals surface area (Å²) in [4.78, 5) is 1.39. The molecule has 0 spiro atoms. The number of benzene rings is 2. The monoisotopic (exact) mass is 322 g/mol. The third kappa shape index (κ3) is 3.06. The van der Waals surface area contributed by atoms with Gasteiger partial charge in [-0.3, -0.25) is 0 Å². The fourth-order valence-corrected chi connectivity index (χ4v) is 3.52. The highest BCUT2D eigenvalue weighted by Crippen LogP contribution is 2.41. The van der Waals surface area contributed by atoms with Crippen LogP contribution in [0.25, 0.3) is 0 Å². The number of unbranched alkanes of at least 4 members (excludes halogenated alkanes) is 1. The van der Waals surface area contributed by atoms with Gasteiger partial charge >= 0.3 is 0 Å². The Morgan fingerprint density at radius 2 is 1.86 bits per heavy atom. The summed E-state index contributed by atoms with van der Waals surface area (Å²) in [5.74, 6) is 2.61. The Balaban J connectivity index is 1.80. The maximum Gasteiger partial charge on any atom is 0.147 e. The summed E-state index contributed by atoms with van der Waals surface area (Å²) in [7, 11) is -1.21. The summed E-state index contributed by atoms with van der Waals surface area (Å²) in [6.45, 7) is 0.616. The normalized spacial score (nSPS) is 15.8. The van der Waals surface area contributed by atoms with Crippen LogP contribution >= 0.6 is 11.6 Å². The van der Waals surface area contributed by atoms with Crippen LogP contribution in [-0.4, -0.2) is 16.7 Å². The standard InChI is InChI=1S/C16H15ClO3S/c17-9-3-4-10-19-12-7-8-16-14(11-12)20-13-5-1-2-6-15(13)21(16)18/h1-2,5-8,11H,3-4,9-10H2. The zero-order chi connectivity index (χ0) is 14.7. The molecular weight excluding hydrogens is 308 g/mol. The maximum atomic E-state index is 12.5. The first kappa shape index (κ1) is 14.4. The fraction of sp³-hybridized carbons (Fsp3) is 0.250. The van der Waals surface area contributed by atoms with E-state index in [1.807, 2.05) is 30.3 Å². The van der Waals surface area contributed by atoms with Crippen LogP contribution in [0.2, 0.25) is 0 Å². The molecule has 0 fully saturated rings. The van der Waals surface area contributed by atoms with Gasteiger partial charge < -0.3 is 9.47 Å². The lowest BCUT2D eigenvalue weighted by Crippen LogP contribution is -2.05. The highest BCUT2D eigenvalue weighted by molar-refractivity contribution is 7.85. The topological polar surface area (TPSA) is 35.5 Å². The van der Waals surface area contributed by atoms with Gasteiger partial charge in [0.1, 0.15) is 17.2 Å². The molecular formula is C16H15ClO3S. The molecule has 5 heteroatoms. The third-order valence-electron chi connectivity index (χ3n) is 3.18. The lowest BCUT2D eigenvalue weighted by molar-refractivity contribution is 0.307. The lowest BCUT2D eigenvalue weighted by atomic mass is 10.3. The Morgan fingerprint density at radius 1 is 1.05 bits per heavy atom. The second-order valence-electron chi connectivity index (χ2n) is 4.67. The summed E-state index contributed by atoms with van der Waals surface area (Å²) in [5.41, 5.74) is 0. The van der Waals surface area contributed by atoms with Crippen LogP contribution in [0.4, 0.5) is 0 Å². The molecule has 3 rings (SSSR count). The Hall–Kier alpha value is -1.52. The van der Waals surface area contributed by atoms with Crippen LogP contribution in [0.15, 0.2) is 52.3 Å². The van der Waals surface area contributed by atoms with E-state index in [0.29, 0.717) is 33.8 Å². The Morgan fingerprint density at radius 3 is 2.71 bits per heavy atom. The van der Waals surface area contributed by atoms with E-state index in [4.69, 9.17) is 21.1 Å². The minimum Gasteiger partial charge on any atom is -0.493 e. The number of hydrogen-bond acceptors (Lipinski definition) is 3. The zero-order valence-electron chi connectivity index (χ0n) is 11.4. The van der Waals surface area contributed by atoms with Crippen LogP contribution in [0.5, 0.6) is 17.2 Å². The molecule has 2 aromatic rings. The van der Waals surface area contributed by atoms with Gasteiger partial charge in [0.15, 0.2) is 0 Å². The predicted octanol–water partition coefficient (Wildman–Crippen LogP) is 4.36. The molecule has 0 N–H and O–H groups in total. The third-order valence-corrected chi connectivity index (χ3v) is 4.92. The first-order valence-corrected chi connectivity index (χ1v) is 8.49. The molecule has 0 radical (unpaired) electrons. The molecule has 1 aliphatic rings. The summed E-state index contributed by atoms with van der Waals surface area (Å²) in [6, 6.07) is 12.8.